The maximum absolute atomic E-state index is 5.76. The van der Waals surface area contributed by atoms with Gasteiger partial charge in [0.25, 0.3) is 0 Å². The first kappa shape index (κ1) is 34.4. The Morgan fingerprint density at radius 1 is 0.441 bits per heavy atom. The van der Waals surface area contributed by atoms with E-state index in [0.29, 0.717) is 0 Å². The molecule has 0 rings (SSSR count). The molecule has 0 heterocycles. The third kappa shape index (κ3) is 20.6. The fraction of sp³-hybridized carbons (Fsp3) is 1.00. The molecule has 0 aliphatic rings. The Bertz CT molecular complexity index is 340. The predicted octanol–water partition coefficient (Wildman–Crippen LogP) is 2.29. The highest BCUT2D eigenvalue weighted by Gasteiger charge is 2.13. The Kier molecular flexibility index (Phi) is 26.7. The molecule has 0 spiro atoms. The first-order valence-corrected chi connectivity index (χ1v) is 19.5. The second-order valence-electron chi connectivity index (χ2n) is 8.35. The Labute approximate surface area is 217 Å². The third-order valence-electron chi connectivity index (χ3n) is 5.61. The third-order valence-corrected chi connectivity index (χ3v) is 11.2. The van der Waals surface area contributed by atoms with Gasteiger partial charge in [0.2, 0.25) is 0 Å². The van der Waals surface area contributed by atoms with E-state index in [0.717, 1.165) is 39.6 Å². The number of hydrogen-bond donors (Lipinski definition) is 0. The molecule has 0 atom stereocenters. The molecule has 0 aromatic carbocycles. The zero-order chi connectivity index (χ0) is 25.3. The van der Waals surface area contributed by atoms with E-state index in [1.807, 2.05) is 0 Å². The summed E-state index contributed by atoms with van der Waals surface area (Å²) in [5, 5.41) is 0. The van der Waals surface area contributed by atoms with Gasteiger partial charge in [-0.25, -0.2) is 0 Å². The minimum atomic E-state index is -0.356. The molecule has 206 valence electrons. The fourth-order valence-corrected chi connectivity index (χ4v) is 8.99. The second kappa shape index (κ2) is 26.4. The van der Waals surface area contributed by atoms with Gasteiger partial charge in [-0.15, -0.1) is 0 Å². The van der Waals surface area contributed by atoms with Gasteiger partial charge in [-0.1, -0.05) is 18.1 Å². The van der Waals surface area contributed by atoms with Crippen LogP contribution in [0.15, 0.2) is 0 Å². The lowest BCUT2D eigenvalue weighted by atomic mass is 10.3. The largest absolute Gasteiger partial charge is 0.357 e. The van der Waals surface area contributed by atoms with Crippen LogP contribution < -0.4 is 0 Å². The number of rotatable bonds is 27. The van der Waals surface area contributed by atoms with Crippen LogP contribution in [0.3, 0.4) is 0 Å². The van der Waals surface area contributed by atoms with Gasteiger partial charge in [-0.05, 0) is 80.4 Å². The van der Waals surface area contributed by atoms with Crippen molar-refractivity contribution in [1.82, 2.24) is 4.90 Å². The lowest BCUT2D eigenvalue weighted by Crippen LogP contribution is -2.31. The number of ether oxygens (including phenoxy) is 6. The molecule has 0 amide bonds. The molecule has 0 aliphatic heterocycles. The first-order chi connectivity index (χ1) is 16.6. The van der Waals surface area contributed by atoms with Crippen LogP contribution >= 0.6 is 0 Å². The molecule has 0 bridgehead atoms. The Hall–Kier alpha value is 0.371. The van der Waals surface area contributed by atoms with Gasteiger partial charge in [-0.2, -0.15) is 0 Å². The summed E-state index contributed by atoms with van der Waals surface area (Å²) in [6, 6.07) is 3.83. The summed E-state index contributed by atoms with van der Waals surface area (Å²) < 4.78 is 34.6. The van der Waals surface area contributed by atoms with Crippen molar-refractivity contribution in [3.63, 3.8) is 0 Å². The maximum atomic E-state index is 5.76. The molecule has 0 unspecified atom stereocenters. The van der Waals surface area contributed by atoms with Crippen LogP contribution in [0, 0.1) is 0 Å². The summed E-state index contributed by atoms with van der Waals surface area (Å²) in [7, 11) is -1.07. The van der Waals surface area contributed by atoms with Crippen molar-refractivity contribution in [2.75, 3.05) is 59.3 Å². The van der Waals surface area contributed by atoms with E-state index < -0.39 is 0 Å². The van der Waals surface area contributed by atoms with Gasteiger partial charge in [0, 0.05) is 39.6 Å². The lowest BCUT2D eigenvalue weighted by molar-refractivity contribution is -0.0829. The Morgan fingerprint density at radius 2 is 0.676 bits per heavy atom. The van der Waals surface area contributed by atoms with Crippen molar-refractivity contribution in [3.8, 4) is 0 Å². The van der Waals surface area contributed by atoms with E-state index >= 15 is 0 Å². The quantitative estimate of drug-likeness (QED) is 0.0902. The van der Waals surface area contributed by atoms with Crippen LogP contribution in [-0.2, 0) is 28.4 Å². The smallest absolute Gasteiger partial charge is 0.134 e. The zero-order valence-electron chi connectivity index (χ0n) is 23.4. The van der Waals surface area contributed by atoms with Crippen LogP contribution in [0.4, 0.5) is 0 Å². The van der Waals surface area contributed by atoms with E-state index in [9.17, 15) is 0 Å². The van der Waals surface area contributed by atoms with Crippen molar-refractivity contribution in [2.45, 2.75) is 96.7 Å². The molecule has 0 aliphatic carbocycles. The highest BCUT2D eigenvalue weighted by Crippen LogP contribution is 2.07. The molecule has 10 heteroatoms. The molecule has 0 saturated carbocycles. The topological polar surface area (TPSA) is 58.6 Å². The average molecular weight is 540 g/mol. The van der Waals surface area contributed by atoms with Crippen molar-refractivity contribution in [3.05, 3.63) is 0 Å². The fourth-order valence-electron chi connectivity index (χ4n) is 4.03. The molecule has 7 nitrogen and oxygen atoms in total. The highest BCUT2D eigenvalue weighted by atomic mass is 28.2. The molecule has 0 fully saturated rings. The number of nitrogens with zero attached hydrogens (tertiary/aromatic N) is 1. The van der Waals surface area contributed by atoms with E-state index in [1.54, 1.807) is 0 Å². The van der Waals surface area contributed by atoms with Crippen molar-refractivity contribution < 1.29 is 28.4 Å². The Balaban J connectivity index is 4.45. The molecule has 0 saturated heterocycles. The van der Waals surface area contributed by atoms with Crippen molar-refractivity contribution in [2.24, 2.45) is 0 Å². The average Bonchev–Trinajstić information content (AvgIpc) is 2.82. The molecule has 0 aromatic rings. The van der Waals surface area contributed by atoms with Gasteiger partial charge in [0.15, 0.2) is 0 Å². The summed E-state index contributed by atoms with van der Waals surface area (Å²) in [6.45, 7) is 20.3. The van der Waals surface area contributed by atoms with Crippen LogP contribution in [-0.4, -0.2) is 110 Å². The summed E-state index contributed by atoms with van der Waals surface area (Å²) >= 11 is 0. The van der Waals surface area contributed by atoms with Gasteiger partial charge in [0.1, 0.15) is 17.7 Å². The molecule has 0 aromatic heterocycles. The van der Waals surface area contributed by atoms with E-state index in [1.165, 1.54) is 57.0 Å². The zero-order valence-corrected chi connectivity index (χ0v) is 27.6. The Morgan fingerprint density at radius 3 is 0.882 bits per heavy atom. The van der Waals surface area contributed by atoms with Gasteiger partial charge in [-0.3, -0.25) is 0 Å². The van der Waals surface area contributed by atoms with Crippen molar-refractivity contribution >= 4 is 28.6 Å². The highest BCUT2D eigenvalue weighted by molar-refractivity contribution is 6.37. The normalized spacial score (nSPS) is 13.2. The van der Waals surface area contributed by atoms with Crippen molar-refractivity contribution in [1.29, 1.82) is 0 Å². The second-order valence-corrected chi connectivity index (χ2v) is 14.2. The van der Waals surface area contributed by atoms with Crippen LogP contribution in [0.25, 0.3) is 0 Å². The molecular weight excluding hydrogens is 483 g/mol. The van der Waals surface area contributed by atoms with E-state index in [-0.39, 0.29) is 46.3 Å². The van der Waals surface area contributed by atoms with E-state index in [4.69, 9.17) is 28.4 Å². The van der Waals surface area contributed by atoms with Gasteiger partial charge < -0.3 is 33.3 Å². The maximum Gasteiger partial charge on any atom is 0.134 e. The standard InChI is InChI=1S/C24H57NO6Si3/c1-7-26-22(27-8-2)32-19-13-16-25(17-14-20-33-23(28-9-3)29-10-4)18-15-21-34-24(30-11-5)31-12-6/h22-24H,7-21,32-34H2,1-6H3. The van der Waals surface area contributed by atoms with Gasteiger partial charge in [0.05, 0.1) is 28.6 Å². The summed E-state index contributed by atoms with van der Waals surface area (Å²) in [5.74, 6) is 0.260. The van der Waals surface area contributed by atoms with Crippen LogP contribution in [0.1, 0.15) is 60.8 Å². The molecular formula is C24H57NO6Si3. The lowest BCUT2D eigenvalue weighted by Gasteiger charge is -2.24. The first-order valence-electron chi connectivity index (χ1n) is 14.1. The summed E-state index contributed by atoms with van der Waals surface area (Å²) in [4.78, 5) is 2.68. The molecule has 0 radical (unpaired) electrons. The van der Waals surface area contributed by atoms with Crippen LogP contribution in [0.5, 0.6) is 0 Å². The minimum Gasteiger partial charge on any atom is -0.357 e. The monoisotopic (exact) mass is 539 g/mol. The van der Waals surface area contributed by atoms with Crippen LogP contribution in [0.2, 0.25) is 18.1 Å². The molecule has 0 N–H and O–H groups in total. The SMILES string of the molecule is CCOC(OCC)[SiH2]CCCN(CCC[SiH2]C(OCC)OCC)CCC[SiH2]C(OCC)OCC. The van der Waals surface area contributed by atoms with E-state index in [2.05, 4.69) is 46.4 Å². The molecule has 34 heavy (non-hydrogen) atoms. The van der Waals surface area contributed by atoms with Gasteiger partial charge >= 0.3 is 0 Å². The summed E-state index contributed by atoms with van der Waals surface area (Å²) in [6.07, 6.45) is 3.75. The minimum absolute atomic E-state index is 0.0866. The predicted molar refractivity (Wildman–Crippen MR) is 151 cm³/mol. The number of hydrogen-bond acceptors (Lipinski definition) is 7. The summed E-state index contributed by atoms with van der Waals surface area (Å²) in [5.41, 5.74) is 0.